The first-order valence-electron chi connectivity index (χ1n) is 10.1. The summed E-state index contributed by atoms with van der Waals surface area (Å²) in [6.45, 7) is 2.69. The van der Waals surface area contributed by atoms with E-state index >= 15 is 0 Å². The van der Waals surface area contributed by atoms with Crippen LogP contribution in [-0.2, 0) is 16.1 Å². The topological polar surface area (TPSA) is 61.4 Å². The van der Waals surface area contributed by atoms with Gasteiger partial charge in [0.05, 0.1) is 12.5 Å². The summed E-state index contributed by atoms with van der Waals surface area (Å²) in [6, 6.07) is 18.3. The molecule has 29 heavy (non-hydrogen) atoms. The summed E-state index contributed by atoms with van der Waals surface area (Å²) in [4.78, 5) is 26.8. The Hall–Kier alpha value is -2.31. The summed E-state index contributed by atoms with van der Waals surface area (Å²) in [5, 5.41) is 5.83. The molecule has 3 rings (SSSR count). The van der Waals surface area contributed by atoms with Gasteiger partial charge in [0.15, 0.2) is 0 Å². The van der Waals surface area contributed by atoms with Crippen molar-refractivity contribution in [3.63, 3.8) is 0 Å². The molecule has 0 bridgehead atoms. The monoisotopic (exact) mass is 411 g/mol. The third-order valence-electron chi connectivity index (χ3n) is 5.11. The van der Waals surface area contributed by atoms with Crippen molar-refractivity contribution < 1.29 is 9.59 Å². The maximum Gasteiger partial charge on any atom is 0.237 e. The molecule has 0 aromatic heterocycles. The highest BCUT2D eigenvalue weighted by atomic mass is 32.2. The van der Waals surface area contributed by atoms with Gasteiger partial charge < -0.3 is 10.6 Å². The van der Waals surface area contributed by atoms with Gasteiger partial charge in [-0.2, -0.15) is 11.8 Å². The Kier molecular flexibility index (Phi) is 8.14. The van der Waals surface area contributed by atoms with E-state index in [9.17, 15) is 9.59 Å². The molecule has 0 spiro atoms. The number of hydrogen-bond donors (Lipinski definition) is 2. The summed E-state index contributed by atoms with van der Waals surface area (Å²) >= 11 is 1.77. The zero-order valence-corrected chi connectivity index (χ0v) is 17.7. The summed E-state index contributed by atoms with van der Waals surface area (Å²) in [7, 11) is 0. The van der Waals surface area contributed by atoms with Crippen LogP contribution in [0.3, 0.4) is 0 Å². The molecule has 1 aliphatic rings. The van der Waals surface area contributed by atoms with Crippen LogP contribution in [0.15, 0.2) is 54.6 Å². The molecule has 154 valence electrons. The normalized spacial score (nSPS) is 17.0. The number of nitrogens with zero attached hydrogens (tertiary/aromatic N) is 1. The largest absolute Gasteiger partial charge is 0.356 e. The van der Waals surface area contributed by atoms with Crippen molar-refractivity contribution in [2.75, 3.05) is 31.6 Å². The van der Waals surface area contributed by atoms with Crippen LogP contribution >= 0.6 is 11.8 Å². The lowest BCUT2D eigenvalue weighted by molar-refractivity contribution is -0.134. The number of benzene rings is 2. The maximum absolute atomic E-state index is 12.4. The van der Waals surface area contributed by atoms with Crippen molar-refractivity contribution in [3.05, 3.63) is 60.2 Å². The second-order valence-corrected chi connectivity index (χ2v) is 8.23. The molecule has 2 N–H and O–H groups in total. The summed E-state index contributed by atoms with van der Waals surface area (Å²) in [5.41, 5.74) is 3.50. The van der Waals surface area contributed by atoms with Crippen LogP contribution in [0.4, 0.5) is 0 Å². The number of carbonyl (C=O) groups excluding carboxylic acids is 2. The molecule has 0 saturated carbocycles. The smallest absolute Gasteiger partial charge is 0.237 e. The Balaban J connectivity index is 1.60. The fourth-order valence-electron chi connectivity index (χ4n) is 3.53. The number of thioether (sulfide) groups is 1. The highest BCUT2D eigenvalue weighted by Crippen LogP contribution is 2.21. The third-order valence-corrected chi connectivity index (χ3v) is 5.81. The third kappa shape index (κ3) is 6.34. The lowest BCUT2D eigenvalue weighted by Gasteiger charge is -2.34. The van der Waals surface area contributed by atoms with Gasteiger partial charge in [0, 0.05) is 26.2 Å². The zero-order chi connectivity index (χ0) is 20.5. The minimum atomic E-state index is -0.418. The minimum Gasteiger partial charge on any atom is -0.356 e. The lowest BCUT2D eigenvalue weighted by Crippen LogP contribution is -2.56. The average molecular weight is 412 g/mol. The molecule has 2 aromatic carbocycles. The second-order valence-electron chi connectivity index (χ2n) is 7.24. The molecule has 5 nitrogen and oxygen atoms in total. The molecule has 0 radical (unpaired) electrons. The highest BCUT2D eigenvalue weighted by molar-refractivity contribution is 7.98. The van der Waals surface area contributed by atoms with Crippen molar-refractivity contribution in [3.8, 4) is 11.1 Å². The summed E-state index contributed by atoms with van der Waals surface area (Å²) in [5.74, 6) is 0.906. The first kappa shape index (κ1) is 21.4. The molecular formula is C23H29N3O2S. The second kappa shape index (κ2) is 11.0. The Morgan fingerprint density at radius 3 is 2.59 bits per heavy atom. The van der Waals surface area contributed by atoms with Gasteiger partial charge in [-0.1, -0.05) is 54.6 Å². The van der Waals surface area contributed by atoms with Crippen molar-refractivity contribution in [1.82, 2.24) is 15.5 Å². The van der Waals surface area contributed by atoms with Gasteiger partial charge in [-0.15, -0.1) is 0 Å². The average Bonchev–Trinajstić information content (AvgIpc) is 2.75. The van der Waals surface area contributed by atoms with Gasteiger partial charge in [-0.25, -0.2) is 0 Å². The Morgan fingerprint density at radius 2 is 1.86 bits per heavy atom. The van der Waals surface area contributed by atoms with E-state index in [1.165, 1.54) is 11.1 Å². The summed E-state index contributed by atoms with van der Waals surface area (Å²) < 4.78 is 0. The van der Waals surface area contributed by atoms with Crippen LogP contribution < -0.4 is 10.6 Å². The van der Waals surface area contributed by atoms with Gasteiger partial charge in [0.25, 0.3) is 0 Å². The van der Waals surface area contributed by atoms with E-state index in [0.29, 0.717) is 19.6 Å². The minimum absolute atomic E-state index is 0.0578. The highest BCUT2D eigenvalue weighted by Gasteiger charge is 2.31. The van der Waals surface area contributed by atoms with Crippen LogP contribution in [0.2, 0.25) is 0 Å². The van der Waals surface area contributed by atoms with E-state index in [2.05, 4.69) is 58.2 Å². The number of carbonyl (C=O) groups is 2. The molecule has 1 atom stereocenters. The van der Waals surface area contributed by atoms with Gasteiger partial charge in [0.2, 0.25) is 11.8 Å². The number of rotatable bonds is 9. The Bertz CT molecular complexity index is 796. The van der Waals surface area contributed by atoms with E-state index in [4.69, 9.17) is 0 Å². The molecule has 1 fully saturated rings. The fraction of sp³-hybridized carbons (Fsp3) is 0.391. The SMILES string of the molecule is CSCCCNC(=O)CC1C(=O)NCCN1Cc1ccc(-c2ccccc2)cc1. The van der Waals surface area contributed by atoms with Gasteiger partial charge in [0.1, 0.15) is 0 Å². The van der Waals surface area contributed by atoms with Crippen molar-refractivity contribution >= 4 is 23.6 Å². The quantitative estimate of drug-likeness (QED) is 0.623. The molecule has 6 heteroatoms. The molecule has 1 unspecified atom stereocenters. The molecule has 2 aromatic rings. The van der Waals surface area contributed by atoms with Crippen LogP contribution in [-0.4, -0.2) is 54.4 Å². The molecular weight excluding hydrogens is 382 g/mol. The molecule has 2 amide bonds. The first-order valence-corrected chi connectivity index (χ1v) is 11.5. The van der Waals surface area contributed by atoms with Gasteiger partial charge in [-0.3, -0.25) is 14.5 Å². The first-order chi connectivity index (χ1) is 14.2. The van der Waals surface area contributed by atoms with Crippen molar-refractivity contribution in [1.29, 1.82) is 0 Å². The van der Waals surface area contributed by atoms with Crippen molar-refractivity contribution in [2.45, 2.75) is 25.4 Å². The van der Waals surface area contributed by atoms with E-state index in [0.717, 1.165) is 24.3 Å². The predicted molar refractivity (Wildman–Crippen MR) is 120 cm³/mol. The van der Waals surface area contributed by atoms with Gasteiger partial charge in [-0.05, 0) is 35.1 Å². The van der Waals surface area contributed by atoms with E-state index in [-0.39, 0.29) is 18.2 Å². The lowest BCUT2D eigenvalue weighted by atomic mass is 10.0. The predicted octanol–water partition coefficient (Wildman–Crippen LogP) is 2.91. The zero-order valence-electron chi connectivity index (χ0n) is 16.9. The van der Waals surface area contributed by atoms with E-state index in [1.807, 2.05) is 18.2 Å². The van der Waals surface area contributed by atoms with Crippen LogP contribution in [0.5, 0.6) is 0 Å². The van der Waals surface area contributed by atoms with Gasteiger partial charge >= 0.3 is 0 Å². The number of amides is 2. The Labute approximate surface area is 177 Å². The maximum atomic E-state index is 12.4. The van der Waals surface area contributed by atoms with Crippen LogP contribution in [0.1, 0.15) is 18.4 Å². The summed E-state index contributed by atoms with van der Waals surface area (Å²) in [6.07, 6.45) is 3.20. The van der Waals surface area contributed by atoms with Crippen LogP contribution in [0.25, 0.3) is 11.1 Å². The van der Waals surface area contributed by atoms with E-state index < -0.39 is 6.04 Å². The van der Waals surface area contributed by atoms with E-state index in [1.54, 1.807) is 11.8 Å². The standard InChI is InChI=1S/C23H29N3O2S/c1-29-15-5-12-24-22(27)16-21-23(28)25-13-14-26(21)17-18-8-10-20(11-9-18)19-6-3-2-4-7-19/h2-4,6-11,21H,5,12-17H2,1H3,(H,24,27)(H,25,28). The molecule has 1 saturated heterocycles. The molecule has 1 aliphatic heterocycles. The number of hydrogen-bond acceptors (Lipinski definition) is 4. The van der Waals surface area contributed by atoms with Crippen molar-refractivity contribution in [2.24, 2.45) is 0 Å². The Morgan fingerprint density at radius 1 is 1.14 bits per heavy atom. The number of piperazine rings is 1. The molecule has 0 aliphatic carbocycles. The van der Waals surface area contributed by atoms with Crippen LogP contribution in [0, 0.1) is 0 Å². The number of nitrogens with one attached hydrogen (secondary N) is 2. The fourth-order valence-corrected chi connectivity index (χ4v) is 3.97. The molecule has 1 heterocycles.